The van der Waals surface area contributed by atoms with Crippen molar-refractivity contribution in [2.75, 3.05) is 13.1 Å². The second-order valence-electron chi connectivity index (χ2n) is 7.09. The fraction of sp³-hybridized carbons (Fsp3) is 0.667. The number of nitrogens with zero attached hydrogens (tertiary/aromatic N) is 1. The number of piperidine rings is 1. The number of amides is 2. The number of likely N-dealkylation sites (tertiary alicyclic amines) is 1. The maximum atomic E-state index is 12.6. The van der Waals surface area contributed by atoms with E-state index < -0.39 is 0 Å². The van der Waals surface area contributed by atoms with Gasteiger partial charge in [-0.05, 0) is 45.1 Å². The summed E-state index contributed by atoms with van der Waals surface area (Å²) < 4.78 is 5.18. The fourth-order valence-corrected chi connectivity index (χ4v) is 3.84. The Morgan fingerprint density at radius 2 is 2.00 bits per heavy atom. The number of hydrogen-bond acceptors (Lipinski definition) is 4. The van der Waals surface area contributed by atoms with Crippen LogP contribution in [0.4, 0.5) is 0 Å². The third-order valence-electron chi connectivity index (χ3n) is 5.31. The maximum Gasteiger partial charge on any atom is 0.255 e. The minimum absolute atomic E-state index is 0.0912. The topological polar surface area (TPSA) is 88.6 Å². The molecule has 0 spiro atoms. The van der Waals surface area contributed by atoms with Crippen LogP contribution in [-0.2, 0) is 4.79 Å². The van der Waals surface area contributed by atoms with Crippen LogP contribution in [0.1, 0.15) is 54.6 Å². The summed E-state index contributed by atoms with van der Waals surface area (Å²) in [5, 5.41) is 3.05. The quantitative estimate of drug-likeness (QED) is 0.883. The van der Waals surface area contributed by atoms with Gasteiger partial charge in [-0.3, -0.25) is 9.59 Å². The number of aryl methyl sites for hydroxylation is 1. The lowest BCUT2D eigenvalue weighted by Gasteiger charge is -2.36. The molecule has 0 radical (unpaired) electrons. The minimum Gasteiger partial charge on any atom is -0.469 e. The van der Waals surface area contributed by atoms with E-state index in [1.807, 2.05) is 4.90 Å². The highest BCUT2D eigenvalue weighted by Crippen LogP contribution is 2.26. The van der Waals surface area contributed by atoms with Crippen molar-refractivity contribution in [2.45, 2.75) is 57.5 Å². The third-order valence-corrected chi connectivity index (χ3v) is 5.31. The van der Waals surface area contributed by atoms with Crippen LogP contribution in [-0.4, -0.2) is 41.9 Å². The highest BCUT2D eigenvalue weighted by molar-refractivity contribution is 5.95. The summed E-state index contributed by atoms with van der Waals surface area (Å²) in [7, 11) is 0. The van der Waals surface area contributed by atoms with E-state index in [1.54, 1.807) is 13.0 Å². The summed E-state index contributed by atoms with van der Waals surface area (Å²) in [5.41, 5.74) is 6.59. The molecule has 132 valence electrons. The number of carbonyl (C=O) groups is 2. The Balaban J connectivity index is 1.48. The van der Waals surface area contributed by atoms with Crippen LogP contribution in [0.3, 0.4) is 0 Å². The van der Waals surface area contributed by atoms with Gasteiger partial charge in [-0.15, -0.1) is 0 Å². The summed E-state index contributed by atoms with van der Waals surface area (Å²) in [6.07, 6.45) is 6.98. The van der Waals surface area contributed by atoms with Crippen molar-refractivity contribution < 1.29 is 14.0 Å². The lowest BCUT2D eigenvalue weighted by molar-refractivity contribution is -0.137. The number of nitrogens with one attached hydrogen (secondary N) is 1. The molecule has 1 aliphatic heterocycles. The molecule has 0 bridgehead atoms. The van der Waals surface area contributed by atoms with Gasteiger partial charge in [0.2, 0.25) is 5.91 Å². The number of furan rings is 1. The molecule has 2 fully saturated rings. The van der Waals surface area contributed by atoms with E-state index in [0.29, 0.717) is 24.4 Å². The minimum atomic E-state index is -0.0933. The first-order valence-corrected chi connectivity index (χ1v) is 8.94. The van der Waals surface area contributed by atoms with E-state index in [1.165, 1.54) is 6.26 Å². The van der Waals surface area contributed by atoms with E-state index in [2.05, 4.69) is 5.32 Å². The first-order chi connectivity index (χ1) is 11.5. The van der Waals surface area contributed by atoms with Crippen molar-refractivity contribution >= 4 is 11.8 Å². The van der Waals surface area contributed by atoms with E-state index in [4.69, 9.17) is 10.2 Å². The zero-order valence-corrected chi connectivity index (χ0v) is 14.3. The molecule has 2 atom stereocenters. The lowest BCUT2D eigenvalue weighted by Crippen LogP contribution is -2.49. The van der Waals surface area contributed by atoms with Gasteiger partial charge in [0.1, 0.15) is 5.76 Å². The van der Waals surface area contributed by atoms with Gasteiger partial charge >= 0.3 is 0 Å². The Hall–Kier alpha value is -1.82. The number of hydrogen-bond donors (Lipinski definition) is 2. The normalized spacial score (nSPS) is 25.5. The van der Waals surface area contributed by atoms with Crippen molar-refractivity contribution in [3.05, 3.63) is 23.7 Å². The summed E-state index contributed by atoms with van der Waals surface area (Å²) in [4.78, 5) is 26.8. The Bertz CT molecular complexity index is 590. The van der Waals surface area contributed by atoms with Gasteiger partial charge in [-0.2, -0.15) is 0 Å². The van der Waals surface area contributed by atoms with Crippen molar-refractivity contribution in [3.8, 4) is 0 Å². The van der Waals surface area contributed by atoms with E-state index in [9.17, 15) is 9.59 Å². The molecule has 1 aromatic heterocycles. The molecule has 2 heterocycles. The Morgan fingerprint density at radius 3 is 2.62 bits per heavy atom. The van der Waals surface area contributed by atoms with Crippen molar-refractivity contribution in [1.29, 1.82) is 0 Å². The van der Waals surface area contributed by atoms with Gasteiger partial charge in [0.15, 0.2) is 0 Å². The first-order valence-electron chi connectivity index (χ1n) is 8.94. The van der Waals surface area contributed by atoms with Crippen LogP contribution in [0.15, 0.2) is 16.7 Å². The average molecular weight is 333 g/mol. The molecular formula is C18H27N3O3. The summed E-state index contributed by atoms with van der Waals surface area (Å²) in [6, 6.07) is 1.97. The fourth-order valence-electron chi connectivity index (χ4n) is 3.84. The first kappa shape index (κ1) is 17.0. The average Bonchev–Trinajstić information content (AvgIpc) is 3.01. The Labute approximate surface area is 142 Å². The van der Waals surface area contributed by atoms with Crippen LogP contribution in [0, 0.1) is 12.8 Å². The monoisotopic (exact) mass is 333 g/mol. The molecule has 6 heteroatoms. The van der Waals surface area contributed by atoms with Gasteiger partial charge in [0.05, 0.1) is 11.8 Å². The van der Waals surface area contributed by atoms with Crippen LogP contribution in [0.5, 0.6) is 0 Å². The number of rotatable bonds is 3. The molecule has 24 heavy (non-hydrogen) atoms. The van der Waals surface area contributed by atoms with Crippen LogP contribution >= 0.6 is 0 Å². The third kappa shape index (κ3) is 3.80. The maximum absolute atomic E-state index is 12.6. The Kier molecular flexibility index (Phi) is 5.23. The zero-order chi connectivity index (χ0) is 17.1. The molecule has 2 unspecified atom stereocenters. The largest absolute Gasteiger partial charge is 0.469 e. The van der Waals surface area contributed by atoms with Crippen LogP contribution in [0.2, 0.25) is 0 Å². The number of nitrogens with two attached hydrogens (primary N) is 1. The van der Waals surface area contributed by atoms with Crippen molar-refractivity contribution in [1.82, 2.24) is 10.2 Å². The van der Waals surface area contributed by atoms with Crippen molar-refractivity contribution in [2.24, 2.45) is 11.7 Å². The molecule has 1 saturated heterocycles. The highest BCUT2D eigenvalue weighted by Gasteiger charge is 2.31. The van der Waals surface area contributed by atoms with Gasteiger partial charge in [-0.1, -0.05) is 6.42 Å². The summed E-state index contributed by atoms with van der Waals surface area (Å²) in [6.45, 7) is 3.20. The van der Waals surface area contributed by atoms with Crippen LogP contribution in [0.25, 0.3) is 0 Å². The van der Waals surface area contributed by atoms with Gasteiger partial charge in [0.25, 0.3) is 5.91 Å². The number of carbonyl (C=O) groups excluding carboxylic acids is 2. The standard InChI is InChI=1S/C18H27N3O3/c1-12-16(7-10-24-12)17(22)20-15-5-8-21(9-6-15)18(23)13-3-2-4-14(19)11-13/h7,10,13-15H,2-6,8-9,11,19H2,1H3,(H,20,22). The smallest absolute Gasteiger partial charge is 0.255 e. The Morgan fingerprint density at radius 1 is 1.25 bits per heavy atom. The molecule has 0 aromatic carbocycles. The highest BCUT2D eigenvalue weighted by atomic mass is 16.3. The lowest BCUT2D eigenvalue weighted by atomic mass is 9.85. The molecule has 2 amide bonds. The van der Waals surface area contributed by atoms with E-state index in [-0.39, 0.29) is 29.8 Å². The SMILES string of the molecule is Cc1occc1C(=O)NC1CCN(C(=O)C2CCCC(N)C2)CC1. The van der Waals surface area contributed by atoms with Crippen LogP contribution < -0.4 is 11.1 Å². The molecule has 3 N–H and O–H groups in total. The molecular weight excluding hydrogens is 306 g/mol. The molecule has 1 aliphatic carbocycles. The van der Waals surface area contributed by atoms with Crippen molar-refractivity contribution in [3.63, 3.8) is 0 Å². The molecule has 2 aliphatic rings. The molecule has 6 nitrogen and oxygen atoms in total. The predicted molar refractivity (Wildman–Crippen MR) is 90.4 cm³/mol. The molecule has 1 aromatic rings. The zero-order valence-electron chi connectivity index (χ0n) is 14.3. The summed E-state index contributed by atoms with van der Waals surface area (Å²) in [5.74, 6) is 0.882. The molecule has 1 saturated carbocycles. The van der Waals surface area contributed by atoms with Gasteiger partial charge in [0, 0.05) is 31.1 Å². The predicted octanol–water partition coefficient (Wildman–Crippen LogP) is 1.83. The molecule has 3 rings (SSSR count). The summed E-state index contributed by atoms with van der Waals surface area (Å²) >= 11 is 0. The second-order valence-corrected chi connectivity index (χ2v) is 7.09. The van der Waals surface area contributed by atoms with E-state index >= 15 is 0 Å². The second kappa shape index (κ2) is 7.38. The van der Waals surface area contributed by atoms with E-state index in [0.717, 1.165) is 38.5 Å². The van der Waals surface area contributed by atoms with Gasteiger partial charge < -0.3 is 20.4 Å². The van der Waals surface area contributed by atoms with Gasteiger partial charge in [-0.25, -0.2) is 0 Å².